The van der Waals surface area contributed by atoms with Gasteiger partial charge in [-0.2, -0.15) is 0 Å². The minimum Gasteiger partial charge on any atom is -0.465 e. The van der Waals surface area contributed by atoms with Crippen LogP contribution in [0, 0.1) is 29.1 Å². The molecular weight excluding hydrogens is 472 g/mol. The van der Waals surface area contributed by atoms with Crippen LogP contribution in [-0.2, 0) is 14.3 Å². The molecule has 1 aliphatic carbocycles. The molecule has 1 aromatic heterocycles. The van der Waals surface area contributed by atoms with Crippen LogP contribution in [-0.4, -0.2) is 48.9 Å². The number of carbonyl (C=O) groups is 3. The molecule has 7 heteroatoms. The third kappa shape index (κ3) is 6.91. The van der Waals surface area contributed by atoms with Crippen molar-refractivity contribution in [1.29, 1.82) is 0 Å². The molecule has 2 fully saturated rings. The van der Waals surface area contributed by atoms with Gasteiger partial charge in [-0.3, -0.25) is 14.5 Å². The Morgan fingerprint density at radius 1 is 1.17 bits per heavy atom. The summed E-state index contributed by atoms with van der Waals surface area (Å²) in [4.78, 5) is 45.5. The minimum absolute atomic E-state index is 0.0174. The molecule has 0 bridgehead atoms. The van der Waals surface area contributed by atoms with E-state index in [0.29, 0.717) is 40.9 Å². The Bertz CT molecular complexity index is 1000. The van der Waals surface area contributed by atoms with Crippen molar-refractivity contribution >= 4 is 34.8 Å². The molecule has 0 radical (unpaired) electrons. The second-order valence-electron chi connectivity index (χ2n) is 11.3. The van der Waals surface area contributed by atoms with Crippen LogP contribution in [0.3, 0.4) is 0 Å². The Morgan fingerprint density at radius 3 is 2.47 bits per heavy atom. The van der Waals surface area contributed by atoms with Gasteiger partial charge < -0.3 is 9.64 Å². The summed E-state index contributed by atoms with van der Waals surface area (Å²) in [6.07, 6.45) is 6.85. The van der Waals surface area contributed by atoms with Crippen molar-refractivity contribution < 1.29 is 19.1 Å². The lowest BCUT2D eigenvalue weighted by Crippen LogP contribution is -2.52. The summed E-state index contributed by atoms with van der Waals surface area (Å²) in [7, 11) is 1.35. The first-order valence-electron chi connectivity index (χ1n) is 13.4. The van der Waals surface area contributed by atoms with E-state index in [1.807, 2.05) is 31.7 Å². The smallest absolute Gasteiger partial charge is 0.350 e. The third-order valence-electron chi connectivity index (χ3n) is 7.06. The molecule has 0 N–H and O–H groups in total. The number of carbonyl (C=O) groups excluding carboxylic acids is 3. The van der Waals surface area contributed by atoms with Gasteiger partial charge in [-0.1, -0.05) is 25.7 Å². The van der Waals surface area contributed by atoms with E-state index in [-0.39, 0.29) is 23.1 Å². The second kappa shape index (κ2) is 12.3. The molecule has 198 valence electrons. The maximum atomic E-state index is 14.2. The first-order valence-corrected chi connectivity index (χ1v) is 14.2. The number of thiophene rings is 1. The summed E-state index contributed by atoms with van der Waals surface area (Å²) in [5.74, 6) is 6.31. The molecule has 3 rings (SSSR count). The molecule has 1 aromatic rings. The second-order valence-corrected chi connectivity index (χ2v) is 12.4. The van der Waals surface area contributed by atoms with Gasteiger partial charge >= 0.3 is 5.97 Å². The van der Waals surface area contributed by atoms with Gasteiger partial charge in [0.1, 0.15) is 10.9 Å². The number of likely N-dealkylation sites (tertiary alicyclic amines) is 1. The number of anilines is 1. The summed E-state index contributed by atoms with van der Waals surface area (Å²) >= 11 is 1.24. The first-order chi connectivity index (χ1) is 17.1. The summed E-state index contributed by atoms with van der Waals surface area (Å²) < 4.78 is 5.11. The summed E-state index contributed by atoms with van der Waals surface area (Å²) in [6, 6.07) is 1.20. The van der Waals surface area contributed by atoms with Crippen LogP contribution in [0.1, 0.15) is 101 Å². The molecule has 2 aliphatic rings. The van der Waals surface area contributed by atoms with Crippen LogP contribution >= 0.6 is 11.3 Å². The predicted molar refractivity (Wildman–Crippen MR) is 145 cm³/mol. The molecule has 0 spiro atoms. The normalized spacial score (nSPS) is 22.9. The van der Waals surface area contributed by atoms with Gasteiger partial charge in [0.2, 0.25) is 11.8 Å². The average Bonchev–Trinajstić information content (AvgIpc) is 3.18. The van der Waals surface area contributed by atoms with Crippen LogP contribution in [0.5, 0.6) is 0 Å². The Morgan fingerprint density at radius 2 is 1.86 bits per heavy atom. The molecule has 6 nitrogen and oxygen atoms in total. The minimum atomic E-state index is -0.618. The molecule has 1 saturated carbocycles. The summed E-state index contributed by atoms with van der Waals surface area (Å²) in [5, 5.41) is 0. The van der Waals surface area contributed by atoms with E-state index in [2.05, 4.69) is 25.7 Å². The fourth-order valence-corrected chi connectivity index (χ4v) is 5.99. The molecule has 2 amide bonds. The van der Waals surface area contributed by atoms with Gasteiger partial charge in [0.15, 0.2) is 0 Å². The lowest BCUT2D eigenvalue weighted by molar-refractivity contribution is -0.135. The highest BCUT2D eigenvalue weighted by Gasteiger charge is 2.40. The van der Waals surface area contributed by atoms with Crippen molar-refractivity contribution in [2.45, 2.75) is 92.0 Å². The van der Waals surface area contributed by atoms with Crippen molar-refractivity contribution in [2.75, 3.05) is 25.1 Å². The van der Waals surface area contributed by atoms with Crippen molar-refractivity contribution in [3.8, 4) is 11.8 Å². The zero-order chi connectivity index (χ0) is 26.5. The van der Waals surface area contributed by atoms with Crippen molar-refractivity contribution in [1.82, 2.24) is 4.90 Å². The lowest BCUT2D eigenvalue weighted by atomic mass is 9.82. The lowest BCUT2D eigenvalue weighted by Gasteiger charge is -2.36. The number of methoxy groups -OCH3 is 1. The third-order valence-corrected chi connectivity index (χ3v) is 8.08. The van der Waals surface area contributed by atoms with E-state index in [1.54, 1.807) is 4.90 Å². The molecule has 1 saturated heterocycles. The Labute approximate surface area is 220 Å². The molecular formula is C29H42N2O4S. The Hall–Kier alpha value is -2.33. The predicted octanol–water partition coefficient (Wildman–Crippen LogP) is 5.88. The fourth-order valence-electron chi connectivity index (χ4n) is 5.07. The van der Waals surface area contributed by atoms with Crippen LogP contribution in [0.15, 0.2) is 6.07 Å². The number of esters is 1. The molecule has 2 heterocycles. The molecule has 36 heavy (non-hydrogen) atoms. The molecule has 1 aliphatic heterocycles. The van der Waals surface area contributed by atoms with Gasteiger partial charge in [-0.05, 0) is 84.1 Å². The number of hydrogen-bond donors (Lipinski definition) is 0. The zero-order valence-electron chi connectivity index (χ0n) is 22.8. The highest BCUT2D eigenvalue weighted by Crippen LogP contribution is 2.38. The van der Waals surface area contributed by atoms with Crippen molar-refractivity contribution in [3.05, 3.63) is 15.8 Å². The first kappa shape index (κ1) is 28.2. The monoisotopic (exact) mass is 514 g/mol. The van der Waals surface area contributed by atoms with E-state index >= 15 is 0 Å². The topological polar surface area (TPSA) is 66.9 Å². The Kier molecular flexibility index (Phi) is 9.63. The van der Waals surface area contributed by atoms with Gasteiger partial charge in [0.05, 0.1) is 17.7 Å². The van der Waals surface area contributed by atoms with E-state index in [9.17, 15) is 14.4 Å². The number of ether oxygens (including phenoxy) is 1. The van der Waals surface area contributed by atoms with E-state index < -0.39 is 12.0 Å². The molecule has 0 aromatic carbocycles. The van der Waals surface area contributed by atoms with Crippen LogP contribution in [0.25, 0.3) is 0 Å². The average molecular weight is 515 g/mol. The van der Waals surface area contributed by atoms with E-state index in [1.165, 1.54) is 18.4 Å². The van der Waals surface area contributed by atoms with Gasteiger partial charge in [-0.25, -0.2) is 4.79 Å². The summed E-state index contributed by atoms with van der Waals surface area (Å²) in [6.45, 7) is 11.8. The van der Waals surface area contributed by atoms with Crippen LogP contribution < -0.4 is 4.90 Å². The highest BCUT2D eigenvalue weighted by atomic mass is 32.1. The number of amides is 2. The van der Waals surface area contributed by atoms with Gasteiger partial charge in [0.25, 0.3) is 0 Å². The molecule has 1 atom stereocenters. The van der Waals surface area contributed by atoms with Crippen LogP contribution in [0.2, 0.25) is 0 Å². The van der Waals surface area contributed by atoms with Gasteiger partial charge in [0, 0.05) is 24.4 Å². The molecule has 1 unspecified atom stereocenters. The van der Waals surface area contributed by atoms with E-state index in [0.717, 1.165) is 44.9 Å². The number of nitrogens with zero attached hydrogens (tertiary/aromatic N) is 2. The largest absolute Gasteiger partial charge is 0.465 e. The van der Waals surface area contributed by atoms with Gasteiger partial charge in [-0.15, -0.1) is 11.3 Å². The standard InChI is InChI=1S/C29H42N2O4S/c1-7-17-30-18-9-8-10-23(27(30)33)31(26(32)21-13-11-20(2)12-14-21)24-19-22(15-16-29(3,4)5)36-25(24)28(34)35-6/h19-21,23H,7-14,17-18H2,1-6H3. The highest BCUT2D eigenvalue weighted by molar-refractivity contribution is 7.15. The van der Waals surface area contributed by atoms with Crippen molar-refractivity contribution in [3.63, 3.8) is 0 Å². The maximum absolute atomic E-state index is 14.2. The zero-order valence-corrected chi connectivity index (χ0v) is 23.6. The Balaban J connectivity index is 2.12. The van der Waals surface area contributed by atoms with E-state index in [4.69, 9.17) is 4.74 Å². The number of rotatable bonds is 6. The van der Waals surface area contributed by atoms with Crippen molar-refractivity contribution in [2.24, 2.45) is 17.3 Å². The fraction of sp³-hybridized carbons (Fsp3) is 0.690. The summed E-state index contributed by atoms with van der Waals surface area (Å²) in [5.41, 5.74) is 0.271. The quantitative estimate of drug-likeness (QED) is 0.351. The maximum Gasteiger partial charge on any atom is 0.350 e. The van der Waals surface area contributed by atoms with Crippen LogP contribution in [0.4, 0.5) is 5.69 Å². The number of hydrogen-bond acceptors (Lipinski definition) is 5. The SMILES string of the molecule is CCCN1CCCCC(N(C(=O)C2CCC(C)CC2)c2cc(C#CC(C)(C)C)sc2C(=O)OC)C1=O.